The molecule has 2 heterocycles. The molecule has 74 valence electrons. The number of H-pyrrole nitrogens is 1. The summed E-state index contributed by atoms with van der Waals surface area (Å²) in [5.41, 5.74) is 6.68. The lowest BCUT2D eigenvalue weighted by Crippen LogP contribution is -2.23. The van der Waals surface area contributed by atoms with Gasteiger partial charge in [0.25, 0.3) is 0 Å². The monoisotopic (exact) mass is 193 g/mol. The van der Waals surface area contributed by atoms with Crippen LogP contribution in [-0.2, 0) is 6.42 Å². The van der Waals surface area contributed by atoms with Crippen molar-refractivity contribution in [1.82, 2.24) is 19.9 Å². The van der Waals surface area contributed by atoms with Gasteiger partial charge in [0.15, 0.2) is 5.65 Å². The van der Waals surface area contributed by atoms with Gasteiger partial charge in [-0.3, -0.25) is 0 Å². The van der Waals surface area contributed by atoms with E-state index in [1.165, 1.54) is 0 Å². The average Bonchev–Trinajstić information content (AvgIpc) is 2.64. The van der Waals surface area contributed by atoms with Crippen molar-refractivity contribution in [2.45, 2.75) is 12.5 Å². The normalized spacial score (nSPS) is 13.3. The molecule has 4 N–H and O–H groups in total. The van der Waals surface area contributed by atoms with Crippen LogP contribution in [0.4, 0.5) is 0 Å². The van der Waals surface area contributed by atoms with Crippen LogP contribution >= 0.6 is 0 Å². The maximum Gasteiger partial charge on any atom is 0.180 e. The number of imidazole rings is 1. The van der Waals surface area contributed by atoms with Crippen molar-refractivity contribution in [3.05, 3.63) is 18.3 Å². The number of rotatable bonds is 3. The lowest BCUT2D eigenvalue weighted by atomic mass is 10.2. The third-order valence-corrected chi connectivity index (χ3v) is 1.92. The van der Waals surface area contributed by atoms with Crippen molar-refractivity contribution in [2.24, 2.45) is 5.73 Å². The molecule has 0 radical (unpaired) electrons. The van der Waals surface area contributed by atoms with Gasteiger partial charge in [-0.1, -0.05) is 0 Å². The molecule has 0 aliphatic rings. The highest BCUT2D eigenvalue weighted by atomic mass is 16.3. The fraction of sp³-hybridized carbons (Fsp3) is 0.375. The average molecular weight is 193 g/mol. The zero-order chi connectivity index (χ0) is 9.97. The number of aromatic amines is 1. The summed E-state index contributed by atoms with van der Waals surface area (Å²) in [7, 11) is 0. The molecule has 0 aliphatic heterocycles. The first-order valence-electron chi connectivity index (χ1n) is 4.32. The van der Waals surface area contributed by atoms with Crippen molar-refractivity contribution >= 4 is 11.2 Å². The van der Waals surface area contributed by atoms with E-state index >= 15 is 0 Å². The maximum absolute atomic E-state index is 9.30. The van der Waals surface area contributed by atoms with Crippen LogP contribution in [0.15, 0.2) is 12.5 Å². The summed E-state index contributed by atoms with van der Waals surface area (Å²) in [4.78, 5) is 15.1. The number of nitrogens with zero attached hydrogens (tertiary/aromatic N) is 3. The predicted octanol–water partition coefficient (Wildman–Crippen LogP) is -0.785. The smallest absolute Gasteiger partial charge is 0.180 e. The number of aliphatic hydroxyl groups excluding tert-OH is 1. The molecule has 0 bridgehead atoms. The van der Waals surface area contributed by atoms with Gasteiger partial charge >= 0.3 is 0 Å². The Labute approximate surface area is 80.2 Å². The van der Waals surface area contributed by atoms with E-state index < -0.39 is 6.10 Å². The van der Waals surface area contributed by atoms with E-state index in [4.69, 9.17) is 5.73 Å². The Hall–Kier alpha value is -1.53. The Morgan fingerprint density at radius 2 is 2.36 bits per heavy atom. The Bertz CT molecular complexity index is 426. The summed E-state index contributed by atoms with van der Waals surface area (Å²) >= 11 is 0. The molecule has 0 aromatic carbocycles. The molecule has 6 heteroatoms. The summed E-state index contributed by atoms with van der Waals surface area (Å²) in [5, 5.41) is 9.30. The van der Waals surface area contributed by atoms with Crippen molar-refractivity contribution in [1.29, 1.82) is 0 Å². The molecule has 0 fully saturated rings. The number of fused-ring (bicyclic) bond motifs is 1. The largest absolute Gasteiger partial charge is 0.391 e. The van der Waals surface area contributed by atoms with Crippen molar-refractivity contribution < 1.29 is 5.11 Å². The van der Waals surface area contributed by atoms with Gasteiger partial charge in [0, 0.05) is 13.0 Å². The lowest BCUT2D eigenvalue weighted by molar-refractivity contribution is 0.181. The first-order chi connectivity index (χ1) is 6.79. The Morgan fingerprint density at radius 1 is 1.50 bits per heavy atom. The van der Waals surface area contributed by atoms with Gasteiger partial charge in [-0.2, -0.15) is 0 Å². The topological polar surface area (TPSA) is 101 Å². The summed E-state index contributed by atoms with van der Waals surface area (Å²) in [6.07, 6.45) is 2.97. The molecule has 0 spiro atoms. The zero-order valence-corrected chi connectivity index (χ0v) is 7.51. The summed E-state index contributed by atoms with van der Waals surface area (Å²) in [6, 6.07) is 0. The van der Waals surface area contributed by atoms with E-state index in [1.807, 2.05) is 0 Å². The molecule has 2 rings (SSSR count). The third kappa shape index (κ3) is 1.70. The summed E-state index contributed by atoms with van der Waals surface area (Å²) in [6.45, 7) is 0.210. The Morgan fingerprint density at radius 3 is 3.14 bits per heavy atom. The highest BCUT2D eigenvalue weighted by Gasteiger charge is 2.07. The van der Waals surface area contributed by atoms with Gasteiger partial charge in [-0.05, 0) is 0 Å². The molecule has 1 unspecified atom stereocenters. The van der Waals surface area contributed by atoms with Gasteiger partial charge < -0.3 is 15.8 Å². The second-order valence-corrected chi connectivity index (χ2v) is 3.02. The van der Waals surface area contributed by atoms with E-state index in [1.54, 1.807) is 12.5 Å². The molecule has 1 atom stereocenters. The summed E-state index contributed by atoms with van der Waals surface area (Å²) < 4.78 is 0. The maximum atomic E-state index is 9.30. The molecule has 6 nitrogen and oxygen atoms in total. The zero-order valence-electron chi connectivity index (χ0n) is 7.51. The van der Waals surface area contributed by atoms with E-state index in [0.717, 1.165) is 5.52 Å². The van der Waals surface area contributed by atoms with Crippen molar-refractivity contribution in [3.8, 4) is 0 Å². The van der Waals surface area contributed by atoms with E-state index in [-0.39, 0.29) is 6.54 Å². The van der Waals surface area contributed by atoms with Gasteiger partial charge in [0.2, 0.25) is 0 Å². The van der Waals surface area contributed by atoms with Gasteiger partial charge in [0.05, 0.1) is 18.6 Å². The standard InChI is InChI=1S/C8H11N5O/c9-2-5(14)1-7-10-3-6-8(13-7)12-4-11-6/h3-5,14H,1-2,9H2,(H,10,11,12,13). The van der Waals surface area contributed by atoms with Gasteiger partial charge in [0.1, 0.15) is 11.3 Å². The van der Waals surface area contributed by atoms with Crippen molar-refractivity contribution in [3.63, 3.8) is 0 Å². The number of hydrogen-bond acceptors (Lipinski definition) is 5. The first kappa shape index (κ1) is 9.04. The van der Waals surface area contributed by atoms with Crippen LogP contribution < -0.4 is 5.73 Å². The number of aromatic nitrogens is 4. The van der Waals surface area contributed by atoms with Gasteiger partial charge in [-0.15, -0.1) is 0 Å². The fourth-order valence-electron chi connectivity index (χ4n) is 1.16. The van der Waals surface area contributed by atoms with Crippen LogP contribution in [0.5, 0.6) is 0 Å². The SMILES string of the molecule is NCC(O)Cc1ncc2[nH]cnc2n1. The fourth-order valence-corrected chi connectivity index (χ4v) is 1.16. The molecule has 0 aliphatic carbocycles. The van der Waals surface area contributed by atoms with Crippen LogP contribution in [0.1, 0.15) is 5.82 Å². The van der Waals surface area contributed by atoms with Gasteiger partial charge in [-0.25, -0.2) is 15.0 Å². The molecule has 2 aromatic rings. The molecule has 0 amide bonds. The first-order valence-corrected chi connectivity index (χ1v) is 4.32. The molecule has 0 saturated heterocycles. The van der Waals surface area contributed by atoms with Crippen LogP contribution in [0.2, 0.25) is 0 Å². The van der Waals surface area contributed by atoms with E-state index in [2.05, 4.69) is 19.9 Å². The summed E-state index contributed by atoms with van der Waals surface area (Å²) in [5.74, 6) is 0.558. The molecule has 2 aromatic heterocycles. The highest BCUT2D eigenvalue weighted by Crippen LogP contribution is 2.05. The van der Waals surface area contributed by atoms with Crippen LogP contribution in [0.25, 0.3) is 11.2 Å². The quantitative estimate of drug-likeness (QED) is 0.593. The van der Waals surface area contributed by atoms with Crippen LogP contribution in [-0.4, -0.2) is 37.7 Å². The van der Waals surface area contributed by atoms with Crippen LogP contribution in [0, 0.1) is 0 Å². The molecule has 14 heavy (non-hydrogen) atoms. The number of hydrogen-bond donors (Lipinski definition) is 3. The molecular weight excluding hydrogens is 182 g/mol. The number of aliphatic hydroxyl groups is 1. The lowest BCUT2D eigenvalue weighted by Gasteiger charge is -2.04. The molecular formula is C8H11N5O. The minimum absolute atomic E-state index is 0.210. The van der Waals surface area contributed by atoms with E-state index in [9.17, 15) is 5.11 Å². The van der Waals surface area contributed by atoms with Crippen LogP contribution in [0.3, 0.4) is 0 Å². The Kier molecular flexibility index (Phi) is 2.38. The molecule has 0 saturated carbocycles. The number of nitrogens with one attached hydrogen (secondary N) is 1. The highest BCUT2D eigenvalue weighted by molar-refractivity contribution is 5.68. The predicted molar refractivity (Wildman–Crippen MR) is 50.4 cm³/mol. The third-order valence-electron chi connectivity index (χ3n) is 1.92. The second kappa shape index (κ2) is 3.69. The Balaban J connectivity index is 2.25. The second-order valence-electron chi connectivity index (χ2n) is 3.02. The number of nitrogens with two attached hydrogens (primary N) is 1. The minimum atomic E-state index is -0.591. The van der Waals surface area contributed by atoms with E-state index in [0.29, 0.717) is 17.9 Å². The van der Waals surface area contributed by atoms with Crippen molar-refractivity contribution in [2.75, 3.05) is 6.54 Å². The minimum Gasteiger partial charge on any atom is -0.391 e.